The van der Waals surface area contributed by atoms with Gasteiger partial charge in [0, 0.05) is 23.9 Å². The Kier molecular flexibility index (Phi) is 5.33. The summed E-state index contributed by atoms with van der Waals surface area (Å²) >= 11 is 0. The molecule has 3 rings (SSSR count). The molecule has 2 heterocycles. The van der Waals surface area contributed by atoms with Gasteiger partial charge in [-0.2, -0.15) is 4.39 Å². The van der Waals surface area contributed by atoms with Gasteiger partial charge in [0.2, 0.25) is 5.95 Å². The van der Waals surface area contributed by atoms with Crippen LogP contribution in [0, 0.1) is 17.8 Å². The fraction of sp³-hybridized carbons (Fsp3) is 0.600. The van der Waals surface area contributed by atoms with E-state index < -0.39 is 20.5 Å². The molecule has 0 N–H and O–H groups in total. The summed E-state index contributed by atoms with van der Waals surface area (Å²) in [6.45, 7) is 5.33. The summed E-state index contributed by atoms with van der Waals surface area (Å²) < 4.78 is 37.1. The molecule has 1 aromatic rings. The maximum atomic E-state index is 13.0. The number of sulfone groups is 1. The third-order valence-corrected chi connectivity index (χ3v) is 8.27. The number of rotatable bonds is 4. The van der Waals surface area contributed by atoms with E-state index >= 15 is 0 Å². The predicted octanol–water partition coefficient (Wildman–Crippen LogP) is 4.43. The van der Waals surface area contributed by atoms with E-state index in [0.717, 1.165) is 43.4 Å². The molecule has 26 heavy (non-hydrogen) atoms. The van der Waals surface area contributed by atoms with Gasteiger partial charge in [0.1, 0.15) is 0 Å². The quantitative estimate of drug-likeness (QED) is 0.729. The Labute approximate surface area is 155 Å². The molecule has 0 atom stereocenters. The number of hydrogen-bond acceptors (Lipinski definition) is 4. The van der Waals surface area contributed by atoms with Crippen molar-refractivity contribution in [1.82, 2.24) is 4.98 Å². The lowest BCUT2D eigenvalue weighted by molar-refractivity contribution is 0.342. The van der Waals surface area contributed by atoms with Crippen molar-refractivity contribution in [1.29, 1.82) is 0 Å². The molecule has 0 saturated heterocycles. The summed E-state index contributed by atoms with van der Waals surface area (Å²) in [6.07, 6.45) is 8.27. The Hall–Kier alpha value is -1.56. The molecule has 0 unspecified atom stereocenters. The SMILES string of the molecule is CC(C)(C)S(=O)(=O)CC1CCC(C2=NC(c3ccc(F)nc3)=CC2)CC1. The van der Waals surface area contributed by atoms with Crippen LogP contribution in [0.3, 0.4) is 0 Å². The van der Waals surface area contributed by atoms with Crippen molar-refractivity contribution in [3.8, 4) is 0 Å². The molecule has 0 spiro atoms. The van der Waals surface area contributed by atoms with Crippen molar-refractivity contribution >= 4 is 21.2 Å². The molecule has 6 heteroatoms. The first-order valence-corrected chi connectivity index (χ1v) is 10.9. The molecular formula is C20H27FN2O2S. The van der Waals surface area contributed by atoms with Crippen molar-refractivity contribution < 1.29 is 12.8 Å². The third kappa shape index (κ3) is 4.22. The average molecular weight is 379 g/mol. The fourth-order valence-corrected chi connectivity index (χ4v) is 5.09. The maximum Gasteiger partial charge on any atom is 0.212 e. The summed E-state index contributed by atoms with van der Waals surface area (Å²) in [5, 5.41) is 0. The van der Waals surface area contributed by atoms with Crippen LogP contribution in [-0.2, 0) is 9.84 Å². The van der Waals surface area contributed by atoms with Gasteiger partial charge in [0.25, 0.3) is 0 Å². The van der Waals surface area contributed by atoms with Crippen LogP contribution in [0.4, 0.5) is 4.39 Å². The lowest BCUT2D eigenvalue weighted by Gasteiger charge is -2.30. The largest absolute Gasteiger partial charge is 0.257 e. The van der Waals surface area contributed by atoms with Gasteiger partial charge in [0.05, 0.1) is 16.2 Å². The average Bonchev–Trinajstić information content (AvgIpc) is 3.05. The number of aliphatic imine (C=N–C) groups is 1. The Balaban J connectivity index is 1.58. The van der Waals surface area contributed by atoms with E-state index in [2.05, 4.69) is 11.1 Å². The molecule has 1 saturated carbocycles. The van der Waals surface area contributed by atoms with E-state index in [1.54, 1.807) is 26.8 Å². The van der Waals surface area contributed by atoms with Crippen LogP contribution in [-0.4, -0.2) is 29.6 Å². The summed E-state index contributed by atoms with van der Waals surface area (Å²) in [6, 6.07) is 3.05. The van der Waals surface area contributed by atoms with Gasteiger partial charge < -0.3 is 0 Å². The highest BCUT2D eigenvalue weighted by Gasteiger charge is 2.34. The van der Waals surface area contributed by atoms with Crippen LogP contribution < -0.4 is 0 Å². The molecule has 0 aromatic carbocycles. The van der Waals surface area contributed by atoms with Crippen molar-refractivity contribution in [3.63, 3.8) is 0 Å². The topological polar surface area (TPSA) is 59.4 Å². The van der Waals surface area contributed by atoms with Gasteiger partial charge in [-0.15, -0.1) is 0 Å². The van der Waals surface area contributed by atoms with Crippen molar-refractivity contribution in [2.24, 2.45) is 16.8 Å². The van der Waals surface area contributed by atoms with Crippen LogP contribution in [0.25, 0.3) is 5.70 Å². The van der Waals surface area contributed by atoms with Gasteiger partial charge in [-0.3, -0.25) is 4.99 Å². The number of pyridine rings is 1. The minimum atomic E-state index is -3.06. The molecule has 0 amide bonds. The first-order valence-electron chi connectivity index (χ1n) is 9.27. The van der Waals surface area contributed by atoms with Crippen molar-refractivity contribution in [2.75, 3.05) is 5.75 Å². The van der Waals surface area contributed by atoms with Gasteiger partial charge in [-0.05, 0) is 70.4 Å². The summed E-state index contributed by atoms with van der Waals surface area (Å²) in [7, 11) is -3.06. The van der Waals surface area contributed by atoms with E-state index in [1.165, 1.54) is 18.0 Å². The molecule has 2 aliphatic rings. The zero-order valence-electron chi connectivity index (χ0n) is 15.7. The smallest absolute Gasteiger partial charge is 0.212 e. The standard InChI is InChI=1S/C20H27FN2O2S/c1-20(2,3)26(24,25)13-14-4-6-15(7-5-14)17-9-10-18(23-17)16-8-11-19(21)22-12-16/h8,10-12,14-15H,4-7,9,13H2,1-3H3. The van der Waals surface area contributed by atoms with Crippen molar-refractivity contribution in [3.05, 3.63) is 35.9 Å². The highest BCUT2D eigenvalue weighted by molar-refractivity contribution is 7.92. The monoisotopic (exact) mass is 378 g/mol. The lowest BCUT2D eigenvalue weighted by Crippen LogP contribution is -2.34. The number of hydrogen-bond donors (Lipinski definition) is 0. The van der Waals surface area contributed by atoms with Crippen molar-refractivity contribution in [2.45, 2.75) is 57.6 Å². The predicted molar refractivity (Wildman–Crippen MR) is 103 cm³/mol. The Morgan fingerprint density at radius 3 is 2.42 bits per heavy atom. The van der Waals surface area contributed by atoms with E-state index in [1.807, 2.05) is 0 Å². The molecule has 0 bridgehead atoms. The molecule has 0 radical (unpaired) electrons. The third-order valence-electron chi connectivity index (χ3n) is 5.50. The van der Waals surface area contributed by atoms with E-state index in [4.69, 9.17) is 4.99 Å². The number of nitrogens with zero attached hydrogens (tertiary/aromatic N) is 2. The van der Waals surface area contributed by atoms with Gasteiger partial charge >= 0.3 is 0 Å². The number of allylic oxidation sites excluding steroid dienone is 1. The highest BCUT2D eigenvalue weighted by atomic mass is 32.2. The highest BCUT2D eigenvalue weighted by Crippen LogP contribution is 2.35. The Morgan fingerprint density at radius 1 is 1.15 bits per heavy atom. The van der Waals surface area contributed by atoms with Gasteiger partial charge in [0.15, 0.2) is 9.84 Å². The van der Waals surface area contributed by atoms with Gasteiger partial charge in [-0.1, -0.05) is 6.08 Å². The molecular weight excluding hydrogens is 351 g/mol. The van der Waals surface area contributed by atoms with Crippen LogP contribution in [0.1, 0.15) is 58.4 Å². The first-order chi connectivity index (χ1) is 12.2. The molecule has 1 aliphatic carbocycles. The Morgan fingerprint density at radius 2 is 1.85 bits per heavy atom. The van der Waals surface area contributed by atoms with E-state index in [9.17, 15) is 12.8 Å². The maximum absolute atomic E-state index is 13.0. The summed E-state index contributed by atoms with van der Waals surface area (Å²) in [4.78, 5) is 8.44. The van der Waals surface area contributed by atoms with Crippen LogP contribution in [0.2, 0.25) is 0 Å². The minimum absolute atomic E-state index is 0.256. The van der Waals surface area contributed by atoms with Crippen LogP contribution >= 0.6 is 0 Å². The molecule has 1 aromatic heterocycles. The first kappa shape index (κ1) is 19.2. The zero-order chi connectivity index (χ0) is 18.9. The lowest BCUT2D eigenvalue weighted by atomic mass is 9.80. The summed E-state index contributed by atoms with van der Waals surface area (Å²) in [5.74, 6) is 0.484. The molecule has 1 aliphatic heterocycles. The van der Waals surface area contributed by atoms with Crippen LogP contribution in [0.5, 0.6) is 0 Å². The molecule has 4 nitrogen and oxygen atoms in total. The zero-order valence-corrected chi connectivity index (χ0v) is 16.5. The van der Waals surface area contributed by atoms with Gasteiger partial charge in [-0.25, -0.2) is 13.4 Å². The number of halogens is 1. The fourth-order valence-electron chi connectivity index (χ4n) is 3.64. The minimum Gasteiger partial charge on any atom is -0.257 e. The Bertz CT molecular complexity index is 812. The normalized spacial score (nSPS) is 24.3. The second-order valence-corrected chi connectivity index (χ2v) is 11.2. The number of aromatic nitrogens is 1. The van der Waals surface area contributed by atoms with E-state index in [-0.39, 0.29) is 5.92 Å². The molecule has 1 fully saturated rings. The van der Waals surface area contributed by atoms with E-state index in [0.29, 0.717) is 11.7 Å². The molecule has 142 valence electrons. The summed E-state index contributed by atoms with van der Waals surface area (Å²) in [5.41, 5.74) is 2.87. The second kappa shape index (κ2) is 7.22. The van der Waals surface area contributed by atoms with Crippen LogP contribution in [0.15, 0.2) is 29.4 Å². The second-order valence-electron chi connectivity index (χ2n) is 8.38.